The normalized spacial score (nSPS) is 18.2. The second kappa shape index (κ2) is 9.01. The maximum atomic E-state index is 12.9. The van der Waals surface area contributed by atoms with E-state index in [9.17, 15) is 14.4 Å². The number of nitrogens with one attached hydrogen (secondary N) is 2. The molecule has 0 aliphatic carbocycles. The van der Waals surface area contributed by atoms with Crippen molar-refractivity contribution in [1.29, 1.82) is 0 Å². The summed E-state index contributed by atoms with van der Waals surface area (Å²) >= 11 is 1.23. The van der Waals surface area contributed by atoms with Gasteiger partial charge >= 0.3 is 6.03 Å². The molecule has 3 aromatic rings. The first-order chi connectivity index (χ1) is 15.4. The van der Waals surface area contributed by atoms with Crippen molar-refractivity contribution < 1.29 is 19.1 Å². The van der Waals surface area contributed by atoms with E-state index >= 15 is 0 Å². The molecule has 2 aromatic carbocycles. The van der Waals surface area contributed by atoms with Gasteiger partial charge in [-0.3, -0.25) is 15.0 Å². The first kappa shape index (κ1) is 21.8. The van der Waals surface area contributed by atoms with Crippen LogP contribution in [-0.2, 0) is 26.4 Å². The van der Waals surface area contributed by atoms with E-state index in [-0.39, 0.29) is 5.75 Å². The molecular formula is C22H23N5O4S. The van der Waals surface area contributed by atoms with Crippen molar-refractivity contribution in [1.82, 2.24) is 25.3 Å². The van der Waals surface area contributed by atoms with Crippen LogP contribution in [0.3, 0.4) is 0 Å². The third kappa shape index (κ3) is 4.06. The molecule has 2 heterocycles. The number of para-hydroxylation sites is 2. The van der Waals surface area contributed by atoms with Crippen LogP contribution in [0.2, 0.25) is 0 Å². The standard InChI is InChI=1S/C22H23N5O4S/c1-22(15-8-4-3-5-9-15)19(29)27(20(30)24-22)25-18(28)14-32-21-23-16-10-6-7-11-17(16)26(21)12-13-31-2/h3-11H,12-14H2,1-2H3,(H,24,30)(H,25,28)/t22-/m0/s1. The van der Waals surface area contributed by atoms with Crippen LogP contribution in [0.5, 0.6) is 0 Å². The highest BCUT2D eigenvalue weighted by atomic mass is 32.2. The maximum Gasteiger partial charge on any atom is 0.344 e. The minimum atomic E-state index is -1.24. The van der Waals surface area contributed by atoms with E-state index in [2.05, 4.69) is 15.7 Å². The molecule has 0 spiro atoms. The number of hydrazine groups is 1. The molecule has 0 bridgehead atoms. The van der Waals surface area contributed by atoms with Gasteiger partial charge in [-0.2, -0.15) is 5.01 Å². The Kier molecular flexibility index (Phi) is 6.15. The van der Waals surface area contributed by atoms with Crippen LogP contribution >= 0.6 is 11.8 Å². The average molecular weight is 454 g/mol. The lowest BCUT2D eigenvalue weighted by atomic mass is 9.92. The van der Waals surface area contributed by atoms with Gasteiger partial charge in [0.05, 0.1) is 23.4 Å². The second-order valence-corrected chi connectivity index (χ2v) is 8.36. The number of rotatable bonds is 8. The predicted octanol–water partition coefficient (Wildman–Crippen LogP) is 2.27. The highest BCUT2D eigenvalue weighted by Crippen LogP contribution is 2.28. The number of ether oxygens (including phenoxy) is 1. The quantitative estimate of drug-likeness (QED) is 0.400. The van der Waals surface area contributed by atoms with Gasteiger partial charge < -0.3 is 14.6 Å². The topological polar surface area (TPSA) is 106 Å². The van der Waals surface area contributed by atoms with E-state index in [1.807, 2.05) is 34.9 Å². The van der Waals surface area contributed by atoms with E-state index in [1.54, 1.807) is 38.3 Å². The summed E-state index contributed by atoms with van der Waals surface area (Å²) in [6.45, 7) is 2.70. The summed E-state index contributed by atoms with van der Waals surface area (Å²) in [5.74, 6) is -1.05. The number of hydrogen-bond acceptors (Lipinski definition) is 6. The smallest absolute Gasteiger partial charge is 0.344 e. The van der Waals surface area contributed by atoms with Crippen molar-refractivity contribution >= 4 is 40.6 Å². The maximum absolute atomic E-state index is 12.9. The number of hydrogen-bond donors (Lipinski definition) is 2. The molecule has 0 radical (unpaired) electrons. The van der Waals surface area contributed by atoms with Crippen molar-refractivity contribution in [3.63, 3.8) is 0 Å². The summed E-state index contributed by atoms with van der Waals surface area (Å²) in [7, 11) is 1.63. The molecule has 1 aromatic heterocycles. The van der Waals surface area contributed by atoms with Gasteiger partial charge in [0.1, 0.15) is 5.54 Å². The van der Waals surface area contributed by atoms with Crippen LogP contribution in [0.25, 0.3) is 11.0 Å². The lowest BCUT2D eigenvalue weighted by Gasteiger charge is -2.22. The number of amides is 4. The summed E-state index contributed by atoms with van der Waals surface area (Å²) in [5, 5.41) is 4.06. The van der Waals surface area contributed by atoms with Crippen LogP contribution < -0.4 is 10.7 Å². The highest BCUT2D eigenvalue weighted by Gasteiger charge is 2.49. The monoisotopic (exact) mass is 453 g/mol. The Labute approximate surface area is 189 Å². The van der Waals surface area contributed by atoms with Gasteiger partial charge in [0.25, 0.3) is 5.91 Å². The van der Waals surface area contributed by atoms with E-state index in [0.717, 1.165) is 16.0 Å². The zero-order chi connectivity index (χ0) is 22.7. The van der Waals surface area contributed by atoms with Gasteiger partial charge in [-0.15, -0.1) is 0 Å². The Morgan fingerprint density at radius 3 is 2.62 bits per heavy atom. The largest absolute Gasteiger partial charge is 0.383 e. The van der Waals surface area contributed by atoms with Crippen LogP contribution in [0.15, 0.2) is 59.8 Å². The lowest BCUT2D eigenvalue weighted by Crippen LogP contribution is -2.48. The summed E-state index contributed by atoms with van der Waals surface area (Å²) in [5.41, 5.74) is 3.58. The van der Waals surface area contributed by atoms with Crippen molar-refractivity contribution in [2.75, 3.05) is 19.5 Å². The lowest BCUT2D eigenvalue weighted by molar-refractivity contribution is -0.138. The molecule has 1 aliphatic heterocycles. The number of carbonyl (C=O) groups is 3. The van der Waals surface area contributed by atoms with Crippen molar-refractivity contribution in [2.24, 2.45) is 0 Å². The minimum Gasteiger partial charge on any atom is -0.383 e. The molecule has 9 nitrogen and oxygen atoms in total. The van der Waals surface area contributed by atoms with E-state index in [0.29, 0.717) is 23.9 Å². The first-order valence-electron chi connectivity index (χ1n) is 10.0. The number of aromatic nitrogens is 2. The summed E-state index contributed by atoms with van der Waals surface area (Å²) in [6.07, 6.45) is 0. The van der Waals surface area contributed by atoms with E-state index in [4.69, 9.17) is 4.74 Å². The third-order valence-electron chi connectivity index (χ3n) is 5.25. The number of imidazole rings is 1. The Hall–Kier alpha value is -3.37. The van der Waals surface area contributed by atoms with E-state index in [1.165, 1.54) is 11.8 Å². The molecule has 0 saturated carbocycles. The average Bonchev–Trinajstić information content (AvgIpc) is 3.27. The molecule has 4 amide bonds. The highest BCUT2D eigenvalue weighted by molar-refractivity contribution is 7.99. The van der Waals surface area contributed by atoms with Crippen LogP contribution in [0.4, 0.5) is 4.79 Å². The number of urea groups is 1. The second-order valence-electron chi connectivity index (χ2n) is 7.41. The summed E-state index contributed by atoms with van der Waals surface area (Å²) in [4.78, 5) is 42.5. The number of benzene rings is 2. The fourth-order valence-corrected chi connectivity index (χ4v) is 4.39. The summed E-state index contributed by atoms with van der Waals surface area (Å²) in [6, 6.07) is 15.9. The van der Waals surface area contributed by atoms with Gasteiger partial charge in [0, 0.05) is 13.7 Å². The van der Waals surface area contributed by atoms with Crippen LogP contribution in [0.1, 0.15) is 12.5 Å². The van der Waals surface area contributed by atoms with Crippen molar-refractivity contribution in [3.05, 3.63) is 60.2 Å². The number of thioether (sulfide) groups is 1. The van der Waals surface area contributed by atoms with Gasteiger partial charge in [-0.1, -0.05) is 54.2 Å². The van der Waals surface area contributed by atoms with Gasteiger partial charge in [-0.25, -0.2) is 9.78 Å². The third-order valence-corrected chi connectivity index (χ3v) is 6.23. The predicted molar refractivity (Wildman–Crippen MR) is 120 cm³/mol. The molecule has 1 aliphatic rings. The zero-order valence-electron chi connectivity index (χ0n) is 17.7. The van der Waals surface area contributed by atoms with Gasteiger partial charge in [0.2, 0.25) is 5.91 Å². The number of imide groups is 1. The Balaban J connectivity index is 1.45. The molecule has 1 fully saturated rings. The molecule has 10 heteroatoms. The number of carbonyl (C=O) groups excluding carboxylic acids is 3. The minimum absolute atomic E-state index is 0.0184. The SMILES string of the molecule is COCCn1c(SCC(=O)NN2C(=O)N[C@@](C)(c3ccccc3)C2=O)nc2ccccc21. The first-order valence-corrected chi connectivity index (χ1v) is 11.0. The molecule has 4 rings (SSSR count). The van der Waals surface area contributed by atoms with Gasteiger partial charge in [0.15, 0.2) is 5.16 Å². The Morgan fingerprint density at radius 1 is 1.16 bits per heavy atom. The van der Waals surface area contributed by atoms with Crippen molar-refractivity contribution in [2.45, 2.75) is 24.2 Å². The van der Waals surface area contributed by atoms with Gasteiger partial charge in [-0.05, 0) is 24.6 Å². The van der Waals surface area contributed by atoms with Crippen molar-refractivity contribution in [3.8, 4) is 0 Å². The Bertz CT molecular complexity index is 1170. The number of methoxy groups -OCH3 is 1. The summed E-state index contributed by atoms with van der Waals surface area (Å²) < 4.78 is 7.17. The molecule has 32 heavy (non-hydrogen) atoms. The molecular weight excluding hydrogens is 430 g/mol. The number of fused-ring (bicyclic) bond motifs is 1. The molecule has 0 unspecified atom stereocenters. The fraction of sp³-hybridized carbons (Fsp3) is 0.273. The fourth-order valence-electron chi connectivity index (χ4n) is 3.56. The Morgan fingerprint density at radius 2 is 1.88 bits per heavy atom. The molecule has 1 saturated heterocycles. The molecule has 166 valence electrons. The van der Waals surface area contributed by atoms with Crippen LogP contribution in [0, 0.1) is 0 Å². The molecule has 1 atom stereocenters. The molecule has 2 N–H and O–H groups in total. The van der Waals surface area contributed by atoms with E-state index < -0.39 is 23.4 Å². The van der Waals surface area contributed by atoms with Crippen LogP contribution in [-0.4, -0.2) is 51.9 Å². The zero-order valence-corrected chi connectivity index (χ0v) is 18.5. The number of nitrogens with zero attached hydrogens (tertiary/aromatic N) is 3.